The van der Waals surface area contributed by atoms with Crippen molar-refractivity contribution in [3.8, 4) is 11.3 Å². The minimum atomic E-state index is -1.11. The number of hydrogen-bond donors (Lipinski definition) is 1. The van der Waals surface area contributed by atoms with E-state index in [1.54, 1.807) is 28.9 Å². The van der Waals surface area contributed by atoms with Crippen molar-refractivity contribution in [1.82, 2.24) is 24.8 Å². The van der Waals surface area contributed by atoms with E-state index in [2.05, 4.69) is 15.4 Å². The molecule has 2 heterocycles. The molecule has 1 unspecified atom stereocenters. The molecule has 0 aromatic carbocycles. The van der Waals surface area contributed by atoms with Crippen LogP contribution in [0.15, 0.2) is 12.4 Å². The normalized spacial score (nSPS) is 12.6. The summed E-state index contributed by atoms with van der Waals surface area (Å²) >= 11 is 0. The highest BCUT2D eigenvalue weighted by atomic mass is 16.5. The van der Waals surface area contributed by atoms with Gasteiger partial charge in [0.25, 0.3) is 0 Å². The van der Waals surface area contributed by atoms with Crippen LogP contribution >= 0.6 is 0 Å². The lowest BCUT2D eigenvalue weighted by atomic mass is 10.2. The van der Waals surface area contributed by atoms with E-state index < -0.39 is 5.97 Å². The molecular weight excluding hydrogens is 262 g/mol. The van der Waals surface area contributed by atoms with Crippen LogP contribution in [0.3, 0.4) is 0 Å². The summed E-state index contributed by atoms with van der Waals surface area (Å²) < 4.78 is 8.37. The van der Waals surface area contributed by atoms with Crippen LogP contribution in [0.4, 0.5) is 0 Å². The zero-order chi connectivity index (χ0) is 14.7. The fourth-order valence-corrected chi connectivity index (χ4v) is 1.99. The molecule has 2 rings (SSSR count). The van der Waals surface area contributed by atoms with Crippen molar-refractivity contribution in [3.63, 3.8) is 0 Å². The van der Waals surface area contributed by atoms with Gasteiger partial charge in [-0.25, -0.2) is 9.48 Å². The van der Waals surface area contributed by atoms with Crippen molar-refractivity contribution in [2.24, 2.45) is 0 Å². The second-order valence-corrected chi connectivity index (χ2v) is 4.43. The molecule has 0 radical (unpaired) electrons. The highest BCUT2D eigenvalue weighted by Gasteiger charge is 2.24. The third kappa shape index (κ3) is 2.55. The van der Waals surface area contributed by atoms with E-state index in [-0.39, 0.29) is 11.7 Å². The number of carboxylic acid groups (broad SMARTS) is 1. The maximum atomic E-state index is 11.3. The first-order chi connectivity index (χ1) is 9.58. The quantitative estimate of drug-likeness (QED) is 0.849. The molecule has 0 bridgehead atoms. The molecule has 0 amide bonds. The van der Waals surface area contributed by atoms with Crippen LogP contribution in [-0.2, 0) is 11.3 Å². The van der Waals surface area contributed by atoms with Crippen molar-refractivity contribution in [2.75, 3.05) is 13.7 Å². The fraction of sp³-hybridized carbons (Fsp3) is 0.500. The van der Waals surface area contributed by atoms with Gasteiger partial charge in [0.2, 0.25) is 0 Å². The standard InChI is InChI=1S/C12H17N5O3/c1-4-16-6-9(5-13-16)11-10(12(18)19)14-15-17(11)8(2)7-20-3/h5-6,8H,4,7H2,1-3H3,(H,18,19). The van der Waals surface area contributed by atoms with Crippen molar-refractivity contribution < 1.29 is 14.6 Å². The molecule has 0 saturated carbocycles. The van der Waals surface area contributed by atoms with Gasteiger partial charge in [0.15, 0.2) is 5.69 Å². The molecule has 0 spiro atoms. The zero-order valence-corrected chi connectivity index (χ0v) is 11.6. The highest BCUT2D eigenvalue weighted by molar-refractivity contribution is 5.92. The summed E-state index contributed by atoms with van der Waals surface area (Å²) in [5.74, 6) is -1.11. The Hall–Kier alpha value is -2.22. The van der Waals surface area contributed by atoms with E-state index in [4.69, 9.17) is 4.74 Å². The van der Waals surface area contributed by atoms with Crippen LogP contribution in [0, 0.1) is 0 Å². The third-order valence-corrected chi connectivity index (χ3v) is 2.95. The van der Waals surface area contributed by atoms with Crippen LogP contribution in [0.25, 0.3) is 11.3 Å². The van der Waals surface area contributed by atoms with Crippen LogP contribution < -0.4 is 0 Å². The van der Waals surface area contributed by atoms with Gasteiger partial charge < -0.3 is 9.84 Å². The first kappa shape index (κ1) is 14.2. The summed E-state index contributed by atoms with van der Waals surface area (Å²) in [5, 5.41) is 21.1. The number of aromatic nitrogens is 5. The Morgan fingerprint density at radius 1 is 1.55 bits per heavy atom. The zero-order valence-electron chi connectivity index (χ0n) is 11.6. The van der Waals surface area contributed by atoms with Crippen LogP contribution in [0.5, 0.6) is 0 Å². The lowest BCUT2D eigenvalue weighted by molar-refractivity contribution is 0.0691. The molecule has 0 aliphatic rings. The van der Waals surface area contributed by atoms with Crippen molar-refractivity contribution in [1.29, 1.82) is 0 Å². The number of nitrogens with zero attached hydrogens (tertiary/aromatic N) is 5. The SMILES string of the molecule is CCn1cc(-c2c(C(=O)O)nnn2C(C)COC)cn1. The third-order valence-electron chi connectivity index (χ3n) is 2.95. The van der Waals surface area contributed by atoms with Gasteiger partial charge in [-0.1, -0.05) is 5.21 Å². The van der Waals surface area contributed by atoms with Gasteiger partial charge in [0.1, 0.15) is 5.69 Å². The van der Waals surface area contributed by atoms with Crippen molar-refractivity contribution in [2.45, 2.75) is 26.4 Å². The Bertz CT molecular complexity index is 604. The number of rotatable bonds is 6. The topological polar surface area (TPSA) is 95.1 Å². The molecule has 0 saturated heterocycles. The molecule has 2 aromatic rings. The molecule has 1 atom stereocenters. The van der Waals surface area contributed by atoms with Crippen LogP contribution in [-0.4, -0.2) is 49.6 Å². The highest BCUT2D eigenvalue weighted by Crippen LogP contribution is 2.25. The lowest BCUT2D eigenvalue weighted by Crippen LogP contribution is -2.14. The fourth-order valence-electron chi connectivity index (χ4n) is 1.99. The number of aromatic carboxylic acids is 1. The number of methoxy groups -OCH3 is 1. The van der Waals surface area contributed by atoms with Gasteiger partial charge in [-0.05, 0) is 13.8 Å². The number of hydrogen-bond acceptors (Lipinski definition) is 5. The Kier molecular flexibility index (Phi) is 4.14. The summed E-state index contributed by atoms with van der Waals surface area (Å²) in [6, 6.07) is -0.124. The lowest BCUT2D eigenvalue weighted by Gasteiger charge is -2.13. The predicted octanol–water partition coefficient (Wildman–Crippen LogP) is 1.07. The summed E-state index contributed by atoms with van der Waals surface area (Å²) in [6.45, 7) is 4.96. The molecule has 0 fully saturated rings. The van der Waals surface area contributed by atoms with Gasteiger partial charge in [-0.15, -0.1) is 5.10 Å². The summed E-state index contributed by atoms with van der Waals surface area (Å²) in [6.07, 6.45) is 3.39. The Labute approximate surface area is 116 Å². The first-order valence-corrected chi connectivity index (χ1v) is 6.28. The molecule has 2 aromatic heterocycles. The summed E-state index contributed by atoms with van der Waals surface area (Å²) in [5.41, 5.74) is 1.04. The number of carboxylic acids is 1. The second-order valence-electron chi connectivity index (χ2n) is 4.43. The second kappa shape index (κ2) is 5.83. The smallest absolute Gasteiger partial charge is 0.358 e. The Balaban J connectivity index is 2.52. The van der Waals surface area contributed by atoms with Gasteiger partial charge in [-0.3, -0.25) is 4.68 Å². The minimum absolute atomic E-state index is 0.0800. The molecule has 8 heteroatoms. The van der Waals surface area contributed by atoms with E-state index in [0.717, 1.165) is 0 Å². The van der Waals surface area contributed by atoms with Crippen LogP contribution in [0.2, 0.25) is 0 Å². The van der Waals surface area contributed by atoms with Gasteiger partial charge in [0, 0.05) is 25.4 Å². The largest absolute Gasteiger partial charge is 0.476 e. The maximum Gasteiger partial charge on any atom is 0.358 e. The van der Waals surface area contributed by atoms with Crippen molar-refractivity contribution >= 4 is 5.97 Å². The first-order valence-electron chi connectivity index (χ1n) is 6.28. The number of carbonyl (C=O) groups is 1. The molecule has 0 aliphatic heterocycles. The number of ether oxygens (including phenoxy) is 1. The maximum absolute atomic E-state index is 11.3. The Morgan fingerprint density at radius 3 is 2.85 bits per heavy atom. The van der Waals surface area contributed by atoms with Gasteiger partial charge >= 0.3 is 5.97 Å². The summed E-state index contributed by atoms with van der Waals surface area (Å²) in [7, 11) is 1.58. The Morgan fingerprint density at radius 2 is 2.30 bits per heavy atom. The van der Waals surface area contributed by atoms with Crippen molar-refractivity contribution in [3.05, 3.63) is 18.1 Å². The minimum Gasteiger partial charge on any atom is -0.476 e. The summed E-state index contributed by atoms with van der Waals surface area (Å²) in [4.78, 5) is 11.3. The van der Waals surface area contributed by atoms with Gasteiger partial charge in [0.05, 0.1) is 18.8 Å². The van der Waals surface area contributed by atoms with E-state index in [0.29, 0.717) is 24.4 Å². The van der Waals surface area contributed by atoms with Crippen LogP contribution in [0.1, 0.15) is 30.4 Å². The number of aryl methyl sites for hydroxylation is 1. The van der Waals surface area contributed by atoms with E-state index >= 15 is 0 Å². The van der Waals surface area contributed by atoms with Gasteiger partial charge in [-0.2, -0.15) is 5.10 Å². The average Bonchev–Trinajstić information content (AvgIpc) is 3.04. The molecule has 8 nitrogen and oxygen atoms in total. The molecular formula is C12H17N5O3. The molecule has 108 valence electrons. The molecule has 20 heavy (non-hydrogen) atoms. The molecule has 1 N–H and O–H groups in total. The molecule has 0 aliphatic carbocycles. The average molecular weight is 279 g/mol. The van der Waals surface area contributed by atoms with E-state index in [1.165, 1.54) is 0 Å². The monoisotopic (exact) mass is 279 g/mol. The van der Waals surface area contributed by atoms with E-state index in [9.17, 15) is 9.90 Å². The van der Waals surface area contributed by atoms with E-state index in [1.807, 2.05) is 13.8 Å². The predicted molar refractivity (Wildman–Crippen MR) is 70.5 cm³/mol.